The molecule has 0 saturated heterocycles. The molecule has 2 aromatic heterocycles. The highest BCUT2D eigenvalue weighted by Crippen LogP contribution is 2.51. The molecular formula is C17H23N3O3. The number of carbonyl (C=O) groups is 1. The van der Waals surface area contributed by atoms with E-state index >= 15 is 0 Å². The molecule has 6 nitrogen and oxygen atoms in total. The van der Waals surface area contributed by atoms with E-state index in [4.69, 9.17) is 4.74 Å². The molecule has 2 unspecified atom stereocenters. The number of imidazole rings is 1. The van der Waals surface area contributed by atoms with Crippen molar-refractivity contribution in [2.24, 2.45) is 5.41 Å². The predicted molar refractivity (Wildman–Crippen MR) is 86.3 cm³/mol. The molecule has 6 heteroatoms. The molecule has 1 fully saturated rings. The molecule has 124 valence electrons. The van der Waals surface area contributed by atoms with E-state index in [9.17, 15) is 9.90 Å². The number of hydrogen-bond donors (Lipinski definition) is 2. The number of fused-ring (bicyclic) bond motifs is 1. The maximum atomic E-state index is 12.6. The number of aliphatic hydroxyl groups is 1. The molecule has 2 N–H and O–H groups in total. The molecule has 2 atom stereocenters. The van der Waals surface area contributed by atoms with Gasteiger partial charge in [-0.2, -0.15) is 0 Å². The van der Waals surface area contributed by atoms with Gasteiger partial charge in [0.1, 0.15) is 5.65 Å². The Labute approximate surface area is 135 Å². The van der Waals surface area contributed by atoms with Crippen LogP contribution in [0.5, 0.6) is 0 Å². The van der Waals surface area contributed by atoms with Crippen molar-refractivity contribution in [2.75, 3.05) is 13.2 Å². The van der Waals surface area contributed by atoms with Crippen molar-refractivity contribution in [1.82, 2.24) is 14.7 Å². The minimum Gasteiger partial charge on any atom is -0.394 e. The molecule has 1 aliphatic rings. The minimum absolute atomic E-state index is 0.0380. The highest BCUT2D eigenvalue weighted by Gasteiger charge is 2.61. The number of aromatic nitrogens is 2. The Balaban J connectivity index is 1.80. The third-order valence-electron chi connectivity index (χ3n) is 5.21. The van der Waals surface area contributed by atoms with Crippen LogP contribution in [-0.4, -0.2) is 45.3 Å². The third-order valence-corrected chi connectivity index (χ3v) is 5.21. The smallest absolute Gasteiger partial charge is 0.253 e. The normalized spacial score (nSPS) is 26.0. The lowest BCUT2D eigenvalue weighted by atomic mass is 9.54. The lowest BCUT2D eigenvalue weighted by Gasteiger charge is -2.60. The SMILES string of the molecule is CCOC1CC(CO)(NC(=O)c2ccc3nccn3c2)C1(C)C. The Hall–Kier alpha value is -1.92. The number of ether oxygens (including phenoxy) is 1. The molecule has 0 aromatic carbocycles. The molecule has 3 rings (SSSR count). The van der Waals surface area contributed by atoms with Crippen molar-refractivity contribution >= 4 is 11.6 Å². The van der Waals surface area contributed by atoms with Gasteiger partial charge in [-0.05, 0) is 19.1 Å². The number of pyridine rings is 1. The average molecular weight is 317 g/mol. The number of amides is 1. The van der Waals surface area contributed by atoms with Crippen LogP contribution in [0.4, 0.5) is 0 Å². The largest absolute Gasteiger partial charge is 0.394 e. The van der Waals surface area contributed by atoms with Crippen molar-refractivity contribution in [2.45, 2.75) is 38.8 Å². The van der Waals surface area contributed by atoms with E-state index in [1.54, 1.807) is 35.1 Å². The molecular weight excluding hydrogens is 294 g/mol. The quantitative estimate of drug-likeness (QED) is 0.879. The summed E-state index contributed by atoms with van der Waals surface area (Å²) in [5, 5.41) is 12.9. The van der Waals surface area contributed by atoms with Crippen molar-refractivity contribution in [3.05, 3.63) is 36.3 Å². The third kappa shape index (κ3) is 2.42. The first-order chi connectivity index (χ1) is 10.9. The zero-order valence-electron chi connectivity index (χ0n) is 13.7. The van der Waals surface area contributed by atoms with Gasteiger partial charge in [-0.1, -0.05) is 13.8 Å². The Morgan fingerprint density at radius 3 is 2.96 bits per heavy atom. The van der Waals surface area contributed by atoms with Gasteiger partial charge >= 0.3 is 0 Å². The second-order valence-corrected chi connectivity index (χ2v) is 6.67. The van der Waals surface area contributed by atoms with Crippen LogP contribution in [0.2, 0.25) is 0 Å². The van der Waals surface area contributed by atoms with Gasteiger partial charge < -0.3 is 19.6 Å². The fourth-order valence-corrected chi connectivity index (χ4v) is 3.34. The van der Waals surface area contributed by atoms with E-state index in [1.807, 2.05) is 20.8 Å². The van der Waals surface area contributed by atoms with Crippen LogP contribution >= 0.6 is 0 Å². The fraction of sp³-hybridized carbons (Fsp3) is 0.529. The second-order valence-electron chi connectivity index (χ2n) is 6.67. The maximum absolute atomic E-state index is 12.6. The van der Waals surface area contributed by atoms with Crippen molar-refractivity contribution in [3.8, 4) is 0 Å². The molecule has 2 aromatic rings. The van der Waals surface area contributed by atoms with Gasteiger partial charge in [0, 0.05) is 37.0 Å². The van der Waals surface area contributed by atoms with Crippen molar-refractivity contribution in [3.63, 3.8) is 0 Å². The number of carbonyl (C=O) groups excluding carboxylic acids is 1. The Morgan fingerprint density at radius 1 is 1.52 bits per heavy atom. The van der Waals surface area contributed by atoms with E-state index < -0.39 is 5.54 Å². The number of aliphatic hydroxyl groups excluding tert-OH is 1. The molecule has 0 spiro atoms. The summed E-state index contributed by atoms with van der Waals surface area (Å²) in [6, 6.07) is 3.55. The Morgan fingerprint density at radius 2 is 2.30 bits per heavy atom. The highest BCUT2D eigenvalue weighted by atomic mass is 16.5. The molecule has 1 saturated carbocycles. The molecule has 1 amide bonds. The average Bonchev–Trinajstić information content (AvgIpc) is 3.00. The van der Waals surface area contributed by atoms with Crippen LogP contribution in [-0.2, 0) is 4.74 Å². The zero-order valence-corrected chi connectivity index (χ0v) is 13.7. The Bertz CT molecular complexity index is 725. The maximum Gasteiger partial charge on any atom is 0.253 e. The van der Waals surface area contributed by atoms with E-state index in [0.29, 0.717) is 18.6 Å². The molecule has 0 radical (unpaired) electrons. The van der Waals surface area contributed by atoms with Gasteiger partial charge in [0.25, 0.3) is 5.91 Å². The number of nitrogens with zero attached hydrogens (tertiary/aromatic N) is 2. The summed E-state index contributed by atoms with van der Waals surface area (Å²) in [5.74, 6) is -0.197. The van der Waals surface area contributed by atoms with Crippen molar-refractivity contribution in [1.29, 1.82) is 0 Å². The first-order valence-electron chi connectivity index (χ1n) is 7.91. The number of nitrogens with one attached hydrogen (secondary N) is 1. The monoisotopic (exact) mass is 317 g/mol. The first kappa shape index (κ1) is 16.0. The topological polar surface area (TPSA) is 75.9 Å². The first-order valence-corrected chi connectivity index (χ1v) is 7.91. The molecule has 0 bridgehead atoms. The summed E-state index contributed by atoms with van der Waals surface area (Å²) >= 11 is 0. The van der Waals surface area contributed by atoms with Crippen LogP contribution in [0.15, 0.2) is 30.7 Å². The van der Waals surface area contributed by atoms with Crippen LogP contribution in [0, 0.1) is 5.41 Å². The fourth-order valence-electron chi connectivity index (χ4n) is 3.34. The summed E-state index contributed by atoms with van der Waals surface area (Å²) in [6.45, 7) is 6.51. The Kier molecular flexibility index (Phi) is 3.90. The van der Waals surface area contributed by atoms with Gasteiger partial charge in [0.2, 0.25) is 0 Å². The summed E-state index contributed by atoms with van der Waals surface area (Å²) in [6.07, 6.45) is 5.88. The standard InChI is InChI=1S/C17H23N3O3/c1-4-23-13-9-17(11-21,16(13,2)3)19-15(22)12-5-6-14-18-7-8-20(14)10-12/h5-8,10,13,21H,4,9,11H2,1-3H3,(H,19,22). The van der Waals surface area contributed by atoms with Gasteiger partial charge in [0.05, 0.1) is 23.8 Å². The highest BCUT2D eigenvalue weighted by molar-refractivity contribution is 5.95. The summed E-state index contributed by atoms with van der Waals surface area (Å²) in [4.78, 5) is 16.8. The van der Waals surface area contributed by atoms with Crippen LogP contribution in [0.25, 0.3) is 5.65 Å². The van der Waals surface area contributed by atoms with Crippen LogP contribution in [0.3, 0.4) is 0 Å². The van der Waals surface area contributed by atoms with Gasteiger partial charge in [-0.25, -0.2) is 4.98 Å². The summed E-state index contributed by atoms with van der Waals surface area (Å²) in [5.41, 5.74) is 0.346. The van der Waals surface area contributed by atoms with Crippen LogP contribution < -0.4 is 5.32 Å². The van der Waals surface area contributed by atoms with E-state index in [2.05, 4.69) is 10.3 Å². The second kappa shape index (κ2) is 5.62. The van der Waals surface area contributed by atoms with Gasteiger partial charge in [-0.15, -0.1) is 0 Å². The van der Waals surface area contributed by atoms with E-state index in [1.165, 1.54) is 0 Å². The lowest BCUT2D eigenvalue weighted by molar-refractivity contribution is -0.172. The van der Waals surface area contributed by atoms with E-state index in [-0.39, 0.29) is 24.0 Å². The van der Waals surface area contributed by atoms with E-state index in [0.717, 1.165) is 5.65 Å². The molecule has 23 heavy (non-hydrogen) atoms. The van der Waals surface area contributed by atoms with Crippen molar-refractivity contribution < 1.29 is 14.6 Å². The predicted octanol–water partition coefficient (Wildman–Crippen LogP) is 1.63. The number of hydrogen-bond acceptors (Lipinski definition) is 4. The molecule has 2 heterocycles. The van der Waals surface area contributed by atoms with Crippen LogP contribution in [0.1, 0.15) is 37.6 Å². The molecule has 1 aliphatic carbocycles. The van der Waals surface area contributed by atoms with Gasteiger partial charge in [-0.3, -0.25) is 4.79 Å². The summed E-state index contributed by atoms with van der Waals surface area (Å²) < 4.78 is 7.51. The molecule has 0 aliphatic heterocycles. The summed E-state index contributed by atoms with van der Waals surface area (Å²) in [7, 11) is 0. The van der Waals surface area contributed by atoms with Gasteiger partial charge in [0.15, 0.2) is 0 Å². The number of rotatable bonds is 5. The minimum atomic E-state index is -0.659. The zero-order chi connectivity index (χ0) is 16.7. The lowest BCUT2D eigenvalue weighted by Crippen LogP contribution is -2.74.